The van der Waals surface area contributed by atoms with Crippen molar-refractivity contribution in [3.05, 3.63) is 59.4 Å². The number of fused-ring (bicyclic) bond motifs is 1. The van der Waals surface area contributed by atoms with Crippen molar-refractivity contribution in [1.82, 2.24) is 5.43 Å². The molecule has 6 heteroatoms. The van der Waals surface area contributed by atoms with Gasteiger partial charge in [0.05, 0.1) is 5.71 Å². The van der Waals surface area contributed by atoms with Gasteiger partial charge in [0, 0.05) is 22.6 Å². The van der Waals surface area contributed by atoms with Crippen molar-refractivity contribution in [3.8, 4) is 11.5 Å². The van der Waals surface area contributed by atoms with Crippen LogP contribution in [-0.2, 0) is 0 Å². The number of para-hydroxylation sites is 1. The Labute approximate surface area is 138 Å². The first-order chi connectivity index (χ1) is 11.5. The average Bonchev–Trinajstić information content (AvgIpc) is 2.90. The van der Waals surface area contributed by atoms with Crippen LogP contribution in [0.3, 0.4) is 0 Å². The van der Waals surface area contributed by atoms with Crippen LogP contribution in [0.1, 0.15) is 28.6 Å². The van der Waals surface area contributed by atoms with Crippen molar-refractivity contribution in [2.45, 2.75) is 13.8 Å². The summed E-state index contributed by atoms with van der Waals surface area (Å²) in [4.78, 5) is 12.3. The second-order valence-electron chi connectivity index (χ2n) is 5.39. The lowest BCUT2D eigenvalue weighted by atomic mass is 10.1. The Hall–Kier alpha value is -3.28. The number of aryl methyl sites for hydroxylation is 1. The fourth-order valence-electron chi connectivity index (χ4n) is 2.46. The molecule has 6 nitrogen and oxygen atoms in total. The number of amides is 1. The van der Waals surface area contributed by atoms with Crippen LogP contribution in [0.15, 0.2) is 52.0 Å². The molecule has 0 aliphatic heterocycles. The molecule has 0 unspecified atom stereocenters. The molecule has 0 atom stereocenters. The Kier molecular flexibility index (Phi) is 3.95. The molecular weight excluding hydrogens is 308 g/mol. The lowest BCUT2D eigenvalue weighted by molar-refractivity contribution is 0.0928. The van der Waals surface area contributed by atoms with Gasteiger partial charge in [-0.05, 0) is 32.0 Å². The molecule has 0 radical (unpaired) electrons. The first-order valence-corrected chi connectivity index (χ1v) is 7.32. The third kappa shape index (κ3) is 2.81. The van der Waals surface area contributed by atoms with E-state index < -0.39 is 5.91 Å². The molecule has 0 spiro atoms. The van der Waals surface area contributed by atoms with Crippen molar-refractivity contribution in [2.24, 2.45) is 5.10 Å². The average molecular weight is 324 g/mol. The number of nitrogens with one attached hydrogen (secondary N) is 1. The van der Waals surface area contributed by atoms with E-state index in [0.29, 0.717) is 16.9 Å². The zero-order valence-electron chi connectivity index (χ0n) is 13.2. The summed E-state index contributed by atoms with van der Waals surface area (Å²) < 4.78 is 5.57. The van der Waals surface area contributed by atoms with Gasteiger partial charge in [0.1, 0.15) is 17.1 Å². The van der Waals surface area contributed by atoms with Crippen LogP contribution < -0.4 is 5.43 Å². The van der Waals surface area contributed by atoms with E-state index in [2.05, 4.69) is 10.5 Å². The molecule has 3 N–H and O–H groups in total. The van der Waals surface area contributed by atoms with Gasteiger partial charge in [-0.3, -0.25) is 4.79 Å². The maximum Gasteiger partial charge on any atom is 0.307 e. The van der Waals surface area contributed by atoms with Crippen LogP contribution >= 0.6 is 0 Å². The number of phenols is 2. The fraction of sp³-hybridized carbons (Fsp3) is 0.111. The van der Waals surface area contributed by atoms with E-state index in [4.69, 9.17) is 4.42 Å². The molecular formula is C18H16N2O4. The number of hydrogen-bond donors (Lipinski definition) is 3. The smallest absolute Gasteiger partial charge is 0.307 e. The van der Waals surface area contributed by atoms with Crippen molar-refractivity contribution < 1.29 is 19.4 Å². The Bertz CT molecular complexity index is 957. The molecule has 2 aromatic carbocycles. The summed E-state index contributed by atoms with van der Waals surface area (Å²) >= 11 is 0. The van der Waals surface area contributed by atoms with Gasteiger partial charge in [0.2, 0.25) is 0 Å². The summed E-state index contributed by atoms with van der Waals surface area (Å²) in [6.45, 7) is 3.45. The maximum atomic E-state index is 12.3. The topological polar surface area (TPSA) is 95.1 Å². The number of carbonyl (C=O) groups is 1. The van der Waals surface area contributed by atoms with E-state index in [1.165, 1.54) is 18.2 Å². The van der Waals surface area contributed by atoms with E-state index in [1.54, 1.807) is 13.0 Å². The highest BCUT2D eigenvalue weighted by atomic mass is 16.3. The maximum absolute atomic E-state index is 12.3. The zero-order valence-corrected chi connectivity index (χ0v) is 13.2. The van der Waals surface area contributed by atoms with E-state index >= 15 is 0 Å². The molecule has 0 aliphatic carbocycles. The molecule has 0 bridgehead atoms. The summed E-state index contributed by atoms with van der Waals surface area (Å²) in [7, 11) is 0. The predicted octanol–water partition coefficient (Wildman–Crippen LogP) is 3.31. The van der Waals surface area contributed by atoms with Crippen LogP contribution in [0.2, 0.25) is 0 Å². The van der Waals surface area contributed by atoms with Crippen molar-refractivity contribution in [2.75, 3.05) is 0 Å². The van der Waals surface area contributed by atoms with E-state index in [9.17, 15) is 15.0 Å². The molecule has 1 aromatic heterocycles. The van der Waals surface area contributed by atoms with Crippen LogP contribution in [0.25, 0.3) is 11.0 Å². The number of nitrogens with zero attached hydrogens (tertiary/aromatic N) is 1. The van der Waals surface area contributed by atoms with Gasteiger partial charge >= 0.3 is 5.91 Å². The predicted molar refractivity (Wildman–Crippen MR) is 90.4 cm³/mol. The fourth-order valence-corrected chi connectivity index (χ4v) is 2.46. The molecule has 3 rings (SSSR count). The van der Waals surface area contributed by atoms with Gasteiger partial charge in [0.15, 0.2) is 5.76 Å². The molecule has 0 saturated carbocycles. The van der Waals surface area contributed by atoms with Crippen LogP contribution in [0.5, 0.6) is 11.5 Å². The molecule has 0 aliphatic rings. The number of rotatable bonds is 3. The first-order valence-electron chi connectivity index (χ1n) is 7.32. The van der Waals surface area contributed by atoms with Gasteiger partial charge in [-0.1, -0.05) is 18.2 Å². The second-order valence-corrected chi connectivity index (χ2v) is 5.39. The quantitative estimate of drug-likeness (QED) is 0.509. The monoisotopic (exact) mass is 324 g/mol. The standard InChI is InChI=1S/C18H16N2O4/c1-10-13-5-3-4-6-16(13)24-17(10)18(23)20-19-11(2)14-8-7-12(21)9-15(14)22/h3-9,21-22H,1-2H3,(H,20,23)/b19-11+. The number of hydrogen-bond acceptors (Lipinski definition) is 5. The highest BCUT2D eigenvalue weighted by molar-refractivity contribution is 6.03. The van der Waals surface area contributed by atoms with Crippen molar-refractivity contribution in [3.63, 3.8) is 0 Å². The van der Waals surface area contributed by atoms with Gasteiger partial charge < -0.3 is 14.6 Å². The van der Waals surface area contributed by atoms with E-state index in [1.807, 2.05) is 25.1 Å². The molecule has 0 fully saturated rings. The van der Waals surface area contributed by atoms with Gasteiger partial charge in [0.25, 0.3) is 0 Å². The SMILES string of the molecule is C/C(=N\NC(=O)c1oc2ccccc2c1C)c1ccc(O)cc1O. The minimum atomic E-state index is -0.471. The first kappa shape index (κ1) is 15.6. The molecule has 3 aromatic rings. The third-order valence-corrected chi connectivity index (χ3v) is 3.75. The molecule has 1 heterocycles. The van der Waals surface area contributed by atoms with Gasteiger partial charge in [-0.2, -0.15) is 5.10 Å². The second kappa shape index (κ2) is 6.08. The van der Waals surface area contributed by atoms with Crippen LogP contribution in [0, 0.1) is 6.92 Å². The summed E-state index contributed by atoms with van der Waals surface area (Å²) in [5.41, 5.74) is 4.61. The number of carbonyl (C=O) groups excluding carboxylic acids is 1. The lowest BCUT2D eigenvalue weighted by Gasteiger charge is -2.05. The summed E-state index contributed by atoms with van der Waals surface area (Å²) in [5.74, 6) is -0.444. The Morgan fingerprint density at radius 1 is 1.17 bits per heavy atom. The summed E-state index contributed by atoms with van der Waals surface area (Å²) in [5, 5.41) is 24.0. The molecule has 122 valence electrons. The molecule has 24 heavy (non-hydrogen) atoms. The minimum absolute atomic E-state index is 0.0500. The van der Waals surface area contributed by atoms with Crippen molar-refractivity contribution >= 4 is 22.6 Å². The third-order valence-electron chi connectivity index (χ3n) is 3.75. The number of phenolic OH excluding ortho intramolecular Hbond substituents is 2. The molecule has 0 saturated heterocycles. The van der Waals surface area contributed by atoms with Crippen molar-refractivity contribution in [1.29, 1.82) is 0 Å². The zero-order chi connectivity index (χ0) is 17.3. The Morgan fingerprint density at radius 3 is 2.62 bits per heavy atom. The summed E-state index contributed by atoms with van der Waals surface area (Å²) in [6.07, 6.45) is 0. The number of furan rings is 1. The number of hydrazone groups is 1. The Balaban J connectivity index is 1.84. The number of benzene rings is 2. The molecule has 1 amide bonds. The Morgan fingerprint density at radius 2 is 1.92 bits per heavy atom. The minimum Gasteiger partial charge on any atom is -0.508 e. The highest BCUT2D eigenvalue weighted by Crippen LogP contribution is 2.25. The van der Waals surface area contributed by atoms with E-state index in [-0.39, 0.29) is 17.3 Å². The highest BCUT2D eigenvalue weighted by Gasteiger charge is 2.17. The van der Waals surface area contributed by atoms with Crippen LogP contribution in [0.4, 0.5) is 0 Å². The lowest BCUT2D eigenvalue weighted by Crippen LogP contribution is -2.19. The number of aromatic hydroxyl groups is 2. The van der Waals surface area contributed by atoms with Crippen LogP contribution in [-0.4, -0.2) is 21.8 Å². The normalized spacial score (nSPS) is 11.7. The van der Waals surface area contributed by atoms with Gasteiger partial charge in [-0.15, -0.1) is 0 Å². The van der Waals surface area contributed by atoms with Gasteiger partial charge in [-0.25, -0.2) is 5.43 Å². The largest absolute Gasteiger partial charge is 0.508 e. The summed E-state index contributed by atoms with van der Waals surface area (Å²) in [6, 6.07) is 11.5. The van der Waals surface area contributed by atoms with E-state index in [0.717, 1.165) is 10.9 Å².